The molecule has 0 aliphatic carbocycles. The molecule has 0 fully saturated rings. The maximum atomic E-state index is 14.5. The van der Waals surface area contributed by atoms with E-state index in [2.05, 4.69) is 20.0 Å². The lowest BCUT2D eigenvalue weighted by Gasteiger charge is -2.20. The molecular weight excluding hydrogens is 357 g/mol. The molecule has 0 saturated heterocycles. The smallest absolute Gasteiger partial charge is 0.358 e. The Morgan fingerprint density at radius 3 is 2.19 bits per heavy atom. The Hall–Kier alpha value is -3.23. The van der Waals surface area contributed by atoms with E-state index >= 15 is 0 Å². The minimum atomic E-state index is -1.31. The van der Waals surface area contributed by atoms with Gasteiger partial charge in [-0.05, 0) is 49.9 Å². The van der Waals surface area contributed by atoms with E-state index in [-0.39, 0.29) is 22.9 Å². The van der Waals surface area contributed by atoms with E-state index in [0.717, 1.165) is 17.5 Å². The van der Waals surface area contributed by atoms with E-state index < -0.39 is 17.7 Å². The summed E-state index contributed by atoms with van der Waals surface area (Å²) in [4.78, 5) is 23.9. The zero-order valence-corrected chi connectivity index (χ0v) is 15.9. The van der Waals surface area contributed by atoms with E-state index in [1.54, 1.807) is 13.8 Å². The monoisotopic (exact) mass is 377 g/mol. The molecule has 0 bridgehead atoms. The number of benzene rings is 1. The molecule has 1 aromatic heterocycles. The molecule has 1 heterocycles. The van der Waals surface area contributed by atoms with Crippen LogP contribution in [0.15, 0.2) is 11.5 Å². The van der Waals surface area contributed by atoms with Gasteiger partial charge >= 0.3 is 5.97 Å². The van der Waals surface area contributed by atoms with Crippen LogP contribution in [0.1, 0.15) is 27.8 Å². The molecule has 1 aromatic carbocycles. The molecule has 0 saturated carbocycles. The highest BCUT2D eigenvalue weighted by atomic mass is 19.1. The quantitative estimate of drug-likeness (QED) is 0.609. The summed E-state index contributed by atoms with van der Waals surface area (Å²) < 4.78 is 25.0. The molecule has 0 unspecified atom stereocenters. The Kier molecular flexibility index (Phi) is 5.94. The third-order valence-electron chi connectivity index (χ3n) is 4.37. The normalized spacial score (nSPS) is 11.3. The lowest BCUT2D eigenvalue weighted by Crippen LogP contribution is -2.19. The zero-order chi connectivity index (χ0) is 20.3. The molecule has 0 aliphatic rings. The second-order valence-electron chi connectivity index (χ2n) is 5.74. The second kappa shape index (κ2) is 7.98. The number of carboxylic acids is 1. The molecule has 9 heteroatoms. The van der Waals surface area contributed by atoms with Gasteiger partial charge in [-0.15, -0.1) is 0 Å². The van der Waals surface area contributed by atoms with Crippen molar-refractivity contribution >= 4 is 11.7 Å². The van der Waals surface area contributed by atoms with Gasteiger partial charge in [-0.3, -0.25) is 0 Å². The van der Waals surface area contributed by atoms with Gasteiger partial charge in [-0.2, -0.15) is 14.4 Å². The van der Waals surface area contributed by atoms with Crippen LogP contribution in [0.25, 0.3) is 0 Å². The number of hydrogen-bond acceptors (Lipinski definition) is 7. The van der Waals surface area contributed by atoms with Crippen molar-refractivity contribution in [1.29, 1.82) is 0 Å². The van der Waals surface area contributed by atoms with Crippen molar-refractivity contribution in [1.82, 2.24) is 9.97 Å². The summed E-state index contributed by atoms with van der Waals surface area (Å²) in [6, 6.07) is 0. The van der Waals surface area contributed by atoms with E-state index in [0.29, 0.717) is 11.1 Å². The van der Waals surface area contributed by atoms with Crippen molar-refractivity contribution in [2.45, 2.75) is 27.7 Å². The van der Waals surface area contributed by atoms with Crippen LogP contribution >= 0.6 is 0 Å². The van der Waals surface area contributed by atoms with Crippen LogP contribution in [0, 0.1) is 33.5 Å². The minimum Gasteiger partial charge on any atom is -0.479 e. The highest BCUT2D eigenvalue weighted by Gasteiger charge is 2.27. The first-order valence-corrected chi connectivity index (χ1v) is 7.92. The van der Waals surface area contributed by atoms with Crippen molar-refractivity contribution in [3.8, 4) is 17.5 Å². The fourth-order valence-electron chi connectivity index (χ4n) is 2.62. The zero-order valence-electron chi connectivity index (χ0n) is 15.9. The van der Waals surface area contributed by atoms with E-state index in [9.17, 15) is 14.3 Å². The number of nitrogens with zero attached hydrogens (tertiary/aromatic N) is 3. The number of rotatable bonds is 6. The van der Waals surface area contributed by atoms with Crippen molar-refractivity contribution in [3.63, 3.8) is 0 Å². The Bertz CT molecular complexity index is 928. The summed E-state index contributed by atoms with van der Waals surface area (Å²) in [5.74, 6) is -2.77. The van der Waals surface area contributed by atoms with E-state index in [1.165, 1.54) is 14.2 Å². The van der Waals surface area contributed by atoms with Crippen LogP contribution < -0.4 is 9.47 Å². The SMILES string of the molecule is CO/N=C(/C(=O)O)c1c(C)c(C)c(C)c(C)c1Oc1ncnc(OC)c1F. The predicted molar refractivity (Wildman–Crippen MR) is 95.2 cm³/mol. The highest BCUT2D eigenvalue weighted by Crippen LogP contribution is 2.37. The lowest BCUT2D eigenvalue weighted by atomic mass is 9.91. The average molecular weight is 377 g/mol. The van der Waals surface area contributed by atoms with E-state index in [4.69, 9.17) is 9.47 Å². The molecule has 8 nitrogen and oxygen atoms in total. The second-order valence-corrected chi connectivity index (χ2v) is 5.74. The first kappa shape index (κ1) is 20.1. The van der Waals surface area contributed by atoms with Crippen LogP contribution in [-0.2, 0) is 9.63 Å². The number of aliphatic carboxylic acids is 1. The summed E-state index contributed by atoms with van der Waals surface area (Å²) in [5.41, 5.74) is 2.79. The van der Waals surface area contributed by atoms with Crippen LogP contribution in [0.2, 0.25) is 0 Å². The van der Waals surface area contributed by atoms with Crippen LogP contribution in [0.5, 0.6) is 17.5 Å². The van der Waals surface area contributed by atoms with Gasteiger partial charge in [0, 0.05) is 0 Å². The Labute approximate surface area is 155 Å². The number of carbonyl (C=O) groups is 1. The van der Waals surface area contributed by atoms with Gasteiger partial charge < -0.3 is 19.4 Å². The summed E-state index contributed by atoms with van der Waals surface area (Å²) in [6.07, 6.45) is 1.08. The molecule has 2 rings (SSSR count). The number of methoxy groups -OCH3 is 1. The van der Waals surface area contributed by atoms with Crippen LogP contribution in [-0.4, -0.2) is 41.0 Å². The largest absolute Gasteiger partial charge is 0.479 e. The first-order valence-electron chi connectivity index (χ1n) is 7.92. The molecule has 144 valence electrons. The van der Waals surface area contributed by atoms with Gasteiger partial charge in [-0.25, -0.2) is 4.79 Å². The van der Waals surface area contributed by atoms with Crippen LogP contribution in [0.4, 0.5) is 4.39 Å². The number of hydrogen-bond donors (Lipinski definition) is 1. The summed E-state index contributed by atoms with van der Waals surface area (Å²) in [6.45, 7) is 7.18. The number of aromatic nitrogens is 2. The maximum absolute atomic E-state index is 14.5. The van der Waals surface area contributed by atoms with Gasteiger partial charge in [0.25, 0.3) is 11.8 Å². The standard InChI is InChI=1S/C18H20FN3O5/c1-8-9(2)11(4)15(12(10(8)3)14(18(23)24)22-26-6)27-17-13(19)16(25-5)20-7-21-17/h7H,1-6H3,(H,23,24)/b22-14+. The fourth-order valence-corrected chi connectivity index (χ4v) is 2.62. The van der Waals surface area contributed by atoms with Crippen molar-refractivity contribution < 1.29 is 28.6 Å². The van der Waals surface area contributed by atoms with Crippen molar-refractivity contribution in [3.05, 3.63) is 40.0 Å². The molecular formula is C18H20FN3O5. The lowest BCUT2D eigenvalue weighted by molar-refractivity contribution is -0.129. The molecule has 2 aromatic rings. The van der Waals surface area contributed by atoms with Gasteiger partial charge in [0.15, 0.2) is 5.71 Å². The Balaban J connectivity index is 2.79. The van der Waals surface area contributed by atoms with Crippen molar-refractivity contribution in [2.24, 2.45) is 5.16 Å². The van der Waals surface area contributed by atoms with Crippen molar-refractivity contribution in [2.75, 3.05) is 14.2 Å². The number of halogens is 1. The molecule has 0 aliphatic heterocycles. The highest BCUT2D eigenvalue weighted by molar-refractivity contribution is 6.43. The molecule has 27 heavy (non-hydrogen) atoms. The predicted octanol–water partition coefficient (Wildman–Crippen LogP) is 3.09. The molecule has 1 N–H and O–H groups in total. The van der Waals surface area contributed by atoms with Gasteiger partial charge in [-0.1, -0.05) is 5.16 Å². The molecule has 0 atom stereocenters. The van der Waals surface area contributed by atoms with Gasteiger partial charge in [0.2, 0.25) is 5.82 Å². The molecule has 0 spiro atoms. The fraction of sp³-hybridized carbons (Fsp3) is 0.333. The molecule has 0 amide bonds. The minimum absolute atomic E-state index is 0.119. The first-order chi connectivity index (χ1) is 12.7. The summed E-state index contributed by atoms with van der Waals surface area (Å²) in [5, 5.41) is 13.2. The van der Waals surface area contributed by atoms with E-state index in [1.807, 2.05) is 13.8 Å². The van der Waals surface area contributed by atoms with Gasteiger partial charge in [0.1, 0.15) is 19.2 Å². The van der Waals surface area contributed by atoms with Crippen LogP contribution in [0.3, 0.4) is 0 Å². The number of carboxylic acid groups (broad SMARTS) is 1. The molecule has 0 radical (unpaired) electrons. The number of oxime groups is 1. The third kappa shape index (κ3) is 3.67. The third-order valence-corrected chi connectivity index (χ3v) is 4.37. The topological polar surface area (TPSA) is 103 Å². The average Bonchev–Trinajstić information content (AvgIpc) is 2.64. The Morgan fingerprint density at radius 2 is 1.63 bits per heavy atom. The summed E-state index contributed by atoms with van der Waals surface area (Å²) in [7, 11) is 2.50. The van der Waals surface area contributed by atoms with Gasteiger partial charge in [0.05, 0.1) is 12.7 Å². The Morgan fingerprint density at radius 1 is 1.04 bits per heavy atom. The maximum Gasteiger partial charge on any atom is 0.358 e. The number of ether oxygens (including phenoxy) is 2. The summed E-state index contributed by atoms with van der Waals surface area (Å²) >= 11 is 0.